The zero-order chi connectivity index (χ0) is 34.1. The Balaban J connectivity index is 1.60. The summed E-state index contributed by atoms with van der Waals surface area (Å²) in [7, 11) is 4.46. The third-order valence-corrected chi connectivity index (χ3v) is 7.89. The van der Waals surface area contributed by atoms with Crippen LogP contribution < -0.4 is 16.2 Å². The highest BCUT2D eigenvalue weighted by Gasteiger charge is 2.26. The van der Waals surface area contributed by atoms with Crippen molar-refractivity contribution in [2.75, 3.05) is 33.1 Å². The zero-order valence-corrected chi connectivity index (χ0v) is 28.1. The fraction of sp³-hybridized carbons (Fsp3) is 0.545. The Morgan fingerprint density at radius 2 is 2.00 bits per heavy atom. The minimum Gasteiger partial charge on any atom is -0.453 e. The number of likely N-dealkylation sites (N-methyl/N-ethyl adjacent to an activating group) is 1. The number of nitrogens with zero attached hydrogens (tertiary/aromatic N) is 6. The maximum atomic E-state index is 13.7. The molecule has 0 aliphatic carbocycles. The van der Waals surface area contributed by atoms with Gasteiger partial charge in [0, 0.05) is 26.9 Å². The lowest BCUT2D eigenvalue weighted by Gasteiger charge is -2.25. The molecule has 3 aromatic rings. The van der Waals surface area contributed by atoms with E-state index in [0.717, 1.165) is 37.8 Å². The first kappa shape index (κ1) is 35.3. The molecule has 1 unspecified atom stereocenters. The largest absolute Gasteiger partial charge is 0.453 e. The molecule has 1 fully saturated rings. The number of imidazole rings is 1. The quantitative estimate of drug-likeness (QED) is 0.278. The van der Waals surface area contributed by atoms with E-state index in [0.29, 0.717) is 30.0 Å². The molecule has 4 heterocycles. The number of nitrogens with one attached hydrogen (secondary N) is 2. The summed E-state index contributed by atoms with van der Waals surface area (Å²) in [5.74, 6) is -0.202. The zero-order valence-electron chi connectivity index (χ0n) is 28.1. The molecule has 0 saturated carbocycles. The minimum atomic E-state index is -1.02. The molecule has 0 aromatic carbocycles. The number of hydrogen-bond acceptors (Lipinski definition) is 9. The second kappa shape index (κ2) is 15.8. The summed E-state index contributed by atoms with van der Waals surface area (Å²) in [5, 5.41) is 5.17. The number of pyridine rings is 1. The Bertz CT molecular complexity index is 1650. The molecule has 14 nitrogen and oxygen atoms in total. The van der Waals surface area contributed by atoms with E-state index in [1.807, 2.05) is 4.57 Å². The van der Waals surface area contributed by atoms with Gasteiger partial charge in [-0.25, -0.2) is 19.7 Å². The third-order valence-electron chi connectivity index (χ3n) is 7.89. The molecule has 1 aliphatic rings. The van der Waals surface area contributed by atoms with Gasteiger partial charge in [0.25, 0.3) is 5.56 Å². The van der Waals surface area contributed by atoms with Gasteiger partial charge in [0.1, 0.15) is 35.6 Å². The number of alkyl carbamates (subject to hydrolysis) is 1. The Morgan fingerprint density at radius 3 is 2.68 bits per heavy atom. The first-order valence-corrected chi connectivity index (χ1v) is 15.9. The predicted molar refractivity (Wildman–Crippen MR) is 177 cm³/mol. The second-order valence-electron chi connectivity index (χ2n) is 13.0. The van der Waals surface area contributed by atoms with Crippen LogP contribution in [-0.2, 0) is 32.0 Å². The molecular formula is C33H46N8O6. The van der Waals surface area contributed by atoms with Crippen molar-refractivity contribution in [2.24, 2.45) is 5.41 Å². The van der Waals surface area contributed by atoms with Gasteiger partial charge in [-0.3, -0.25) is 19.0 Å². The summed E-state index contributed by atoms with van der Waals surface area (Å²) in [6, 6.07) is 2.14. The van der Waals surface area contributed by atoms with Gasteiger partial charge in [0.05, 0.1) is 19.3 Å². The molecule has 2 atom stereocenters. The number of aromatic nitrogens is 5. The first-order chi connectivity index (χ1) is 22.4. The highest BCUT2D eigenvalue weighted by molar-refractivity contribution is 5.96. The number of carbonyl (C=O) groups is 3. The molecule has 1 saturated heterocycles. The molecule has 0 spiro atoms. The molecule has 3 aromatic heterocycles. The van der Waals surface area contributed by atoms with Crippen molar-refractivity contribution >= 4 is 34.8 Å². The summed E-state index contributed by atoms with van der Waals surface area (Å²) < 4.78 is 14.3. The summed E-state index contributed by atoms with van der Waals surface area (Å²) >= 11 is 0. The number of allylic oxidation sites excluding steroid dienone is 1. The van der Waals surface area contributed by atoms with E-state index < -0.39 is 23.6 Å². The van der Waals surface area contributed by atoms with Crippen LogP contribution in [0.2, 0.25) is 0 Å². The van der Waals surface area contributed by atoms with Crippen LogP contribution in [0.3, 0.4) is 0 Å². The molecule has 254 valence electrons. The van der Waals surface area contributed by atoms with E-state index in [4.69, 9.17) is 9.72 Å². The number of hydrogen-bond donors (Lipinski definition) is 2. The molecule has 2 N–H and O–H groups in total. The summed E-state index contributed by atoms with van der Waals surface area (Å²) in [4.78, 5) is 66.4. The predicted octanol–water partition coefficient (Wildman–Crippen LogP) is 3.80. The molecule has 0 radical (unpaired) electrons. The van der Waals surface area contributed by atoms with E-state index in [9.17, 15) is 19.2 Å². The van der Waals surface area contributed by atoms with E-state index in [1.54, 1.807) is 38.8 Å². The van der Waals surface area contributed by atoms with Crippen molar-refractivity contribution in [2.45, 2.75) is 84.5 Å². The molecule has 0 bridgehead atoms. The Labute approximate surface area is 274 Å². The van der Waals surface area contributed by atoms with Crippen molar-refractivity contribution < 1.29 is 23.9 Å². The normalized spacial score (nSPS) is 15.8. The van der Waals surface area contributed by atoms with E-state index >= 15 is 0 Å². The number of amides is 3. The van der Waals surface area contributed by atoms with Gasteiger partial charge in [-0.05, 0) is 68.6 Å². The number of ether oxygens (including phenoxy) is 2. The highest BCUT2D eigenvalue weighted by atomic mass is 16.5. The number of methoxy groups -OCH3 is 1. The van der Waals surface area contributed by atoms with Crippen LogP contribution in [0.4, 0.5) is 10.5 Å². The molecule has 47 heavy (non-hydrogen) atoms. The Morgan fingerprint density at radius 1 is 1.21 bits per heavy atom. The topological polar surface area (TPSA) is 163 Å². The Hall–Kier alpha value is -4.59. The van der Waals surface area contributed by atoms with Crippen LogP contribution in [0.1, 0.15) is 77.0 Å². The maximum absolute atomic E-state index is 13.7. The molecule has 3 amide bonds. The number of rotatable bonds is 12. The molecule has 1 aliphatic heterocycles. The lowest BCUT2D eigenvalue weighted by atomic mass is 9.90. The van der Waals surface area contributed by atoms with Crippen LogP contribution in [0.25, 0.3) is 11.2 Å². The molecule has 14 heteroatoms. The van der Waals surface area contributed by atoms with Crippen LogP contribution in [0, 0.1) is 5.41 Å². The fourth-order valence-electron chi connectivity index (χ4n) is 5.21. The third kappa shape index (κ3) is 9.47. The smallest absolute Gasteiger partial charge is 0.407 e. The standard InChI is InChI=1S/C33H46N8O6/c1-33(2,3)17-16-22-28-29(35-21-34-22)41(27-15-9-10-19-47-27)25(38-28)20-40-18-11-13-24(31(40)44)36-30(43)23(37-32(45)46-6)12-7-8-14-26(42)39(4)5/h8,11,13-14,18,21,23,27H,7,9-10,12,15-17,19-20H2,1-6H3,(H,36,43)(H,37,45)/b14-8+/t23-,27?/m0/s1. The lowest BCUT2D eigenvalue weighted by Crippen LogP contribution is -2.44. The fourth-order valence-corrected chi connectivity index (χ4v) is 5.21. The molecule has 4 rings (SSSR count). The minimum absolute atomic E-state index is 0.0368. The second-order valence-corrected chi connectivity index (χ2v) is 13.0. The average molecular weight is 651 g/mol. The van der Waals surface area contributed by atoms with E-state index in [-0.39, 0.29) is 36.2 Å². The van der Waals surface area contributed by atoms with Crippen LogP contribution in [-0.4, -0.2) is 80.7 Å². The van der Waals surface area contributed by atoms with Crippen molar-refractivity contribution in [3.63, 3.8) is 0 Å². The van der Waals surface area contributed by atoms with Gasteiger partial charge >= 0.3 is 6.09 Å². The van der Waals surface area contributed by atoms with Crippen molar-refractivity contribution in [1.29, 1.82) is 0 Å². The SMILES string of the molecule is COC(=O)N[C@@H](CC/C=C/C(=O)N(C)C)C(=O)Nc1cccn(Cc2nc3c(CCC(C)(C)C)ncnc3n2C2CCCCO2)c1=O. The van der Waals surface area contributed by atoms with Crippen molar-refractivity contribution in [3.8, 4) is 0 Å². The summed E-state index contributed by atoms with van der Waals surface area (Å²) in [5.41, 5.74) is 1.91. The number of aryl methyl sites for hydroxylation is 1. The lowest BCUT2D eigenvalue weighted by molar-refractivity contribution is -0.123. The van der Waals surface area contributed by atoms with Crippen LogP contribution in [0.5, 0.6) is 0 Å². The summed E-state index contributed by atoms with van der Waals surface area (Å²) in [6.45, 7) is 7.27. The highest BCUT2D eigenvalue weighted by Crippen LogP contribution is 2.30. The van der Waals surface area contributed by atoms with Gasteiger partial charge < -0.3 is 29.6 Å². The van der Waals surface area contributed by atoms with Crippen LogP contribution in [0.15, 0.2) is 41.6 Å². The van der Waals surface area contributed by atoms with Gasteiger partial charge in [-0.2, -0.15) is 0 Å². The van der Waals surface area contributed by atoms with Gasteiger partial charge in [-0.1, -0.05) is 26.8 Å². The number of anilines is 1. The number of carbonyl (C=O) groups excluding carboxylic acids is 3. The average Bonchev–Trinajstić information content (AvgIpc) is 3.41. The maximum Gasteiger partial charge on any atom is 0.407 e. The van der Waals surface area contributed by atoms with E-state index in [1.165, 1.54) is 28.7 Å². The summed E-state index contributed by atoms with van der Waals surface area (Å²) in [6.07, 6.45) is 10.0. The van der Waals surface area contributed by atoms with Gasteiger partial charge in [0.15, 0.2) is 5.65 Å². The van der Waals surface area contributed by atoms with Gasteiger partial charge in [-0.15, -0.1) is 0 Å². The van der Waals surface area contributed by atoms with E-state index in [2.05, 4.69) is 46.1 Å². The monoisotopic (exact) mass is 650 g/mol. The Kier molecular flexibility index (Phi) is 11.9. The van der Waals surface area contributed by atoms with Gasteiger partial charge in [0.2, 0.25) is 11.8 Å². The van der Waals surface area contributed by atoms with Crippen molar-refractivity contribution in [3.05, 3.63) is 58.7 Å². The van der Waals surface area contributed by atoms with Crippen LogP contribution >= 0.6 is 0 Å². The number of fused-ring (bicyclic) bond motifs is 1. The molecular weight excluding hydrogens is 604 g/mol. The first-order valence-electron chi connectivity index (χ1n) is 15.9. The van der Waals surface area contributed by atoms with Crippen molar-refractivity contribution in [1.82, 2.24) is 34.3 Å².